The minimum absolute atomic E-state index is 0.0416. The Morgan fingerprint density at radius 1 is 0.569 bits per heavy atom. The van der Waals surface area contributed by atoms with Crippen molar-refractivity contribution in [2.45, 2.75) is 19.1 Å². The van der Waals surface area contributed by atoms with Crippen LogP contribution >= 0.6 is 0 Å². The zero-order chi connectivity index (χ0) is 38.6. The summed E-state index contributed by atoms with van der Waals surface area (Å²) in [6, 6.07) is 59.2. The van der Waals surface area contributed by atoms with Gasteiger partial charge in [-0.1, -0.05) is 152 Å². The van der Waals surface area contributed by atoms with Gasteiger partial charge in [-0.05, 0) is 54.6 Å². The first-order chi connectivity index (χ1) is 28.7. The lowest BCUT2D eigenvalue weighted by Gasteiger charge is -2.21. The van der Waals surface area contributed by atoms with Crippen LogP contribution in [0.4, 0.5) is 0 Å². The van der Waals surface area contributed by atoms with Gasteiger partial charge in [0.1, 0.15) is 18.0 Å². The molecule has 0 saturated heterocycles. The minimum Gasteiger partial charge on any atom is -0.457 e. The quantitative estimate of drug-likeness (QED) is 0.123. The van der Waals surface area contributed by atoms with Crippen molar-refractivity contribution in [3.05, 3.63) is 198 Å². The molecule has 0 amide bonds. The number of furan rings is 1. The highest BCUT2D eigenvalue weighted by Crippen LogP contribution is 2.43. The molecular weight excluding hydrogens is 711 g/mol. The molecule has 7 aromatic carbocycles. The maximum atomic E-state index is 7.12. The maximum absolute atomic E-state index is 7.12. The van der Waals surface area contributed by atoms with E-state index in [2.05, 4.69) is 185 Å². The van der Waals surface area contributed by atoms with Crippen LogP contribution in [0.15, 0.2) is 195 Å². The first kappa shape index (κ1) is 33.7. The molecule has 0 fully saturated rings. The van der Waals surface area contributed by atoms with Crippen molar-refractivity contribution in [1.82, 2.24) is 9.13 Å². The summed E-state index contributed by atoms with van der Waals surface area (Å²) in [6.45, 7) is 4.32. The number of para-hydroxylation sites is 5. The number of benzene rings is 7. The van der Waals surface area contributed by atoms with Crippen LogP contribution in [-0.2, 0) is 6.67 Å². The van der Waals surface area contributed by atoms with E-state index in [1.54, 1.807) is 0 Å². The molecule has 0 aliphatic heterocycles. The third-order valence-electron chi connectivity index (χ3n) is 11.6. The fourth-order valence-corrected chi connectivity index (χ4v) is 8.89. The molecule has 10 aromatic rings. The highest BCUT2D eigenvalue weighted by molar-refractivity contribution is 6.17. The third-order valence-corrected chi connectivity index (χ3v) is 11.6. The summed E-state index contributed by atoms with van der Waals surface area (Å²) in [4.78, 5) is 15.1. The standard InChI is InChI=1S/C52H37N5O/c1-53-51(36-31-29-35(30-32-36)34-15-3-2-4-16-34)55-52(54-33-56-44-24-9-5-17-37(44)38-18-6-10-25-45(38)56)43-23-13-21-41-42-22-14-28-48(50(42)58-49(41)43)57-46-26-11-7-19-39(46)40-20-8-12-27-47(40)57/h2-27,29-32,48H,1,28,33H2/b54-52-,55-51-. The zero-order valence-electron chi connectivity index (χ0n) is 31.7. The predicted octanol–water partition coefficient (Wildman–Crippen LogP) is 12.9. The van der Waals surface area contributed by atoms with Crippen LogP contribution in [0.25, 0.3) is 71.8 Å². The number of nitrogens with zero attached hydrogens (tertiary/aromatic N) is 5. The fourth-order valence-electron chi connectivity index (χ4n) is 8.89. The Balaban J connectivity index is 1.09. The molecule has 1 unspecified atom stereocenters. The number of allylic oxidation sites excluding steroid dienone is 1. The summed E-state index contributed by atoms with van der Waals surface area (Å²) >= 11 is 0. The van der Waals surface area contributed by atoms with Crippen molar-refractivity contribution in [3.63, 3.8) is 0 Å². The largest absolute Gasteiger partial charge is 0.457 e. The molecule has 6 nitrogen and oxygen atoms in total. The summed E-state index contributed by atoms with van der Waals surface area (Å²) in [5.74, 6) is 1.93. The number of fused-ring (bicyclic) bond motifs is 9. The minimum atomic E-state index is -0.0416. The molecule has 0 saturated carbocycles. The van der Waals surface area contributed by atoms with Gasteiger partial charge in [-0.2, -0.15) is 0 Å². The van der Waals surface area contributed by atoms with E-state index in [0.29, 0.717) is 18.3 Å². The van der Waals surface area contributed by atoms with Gasteiger partial charge in [0.05, 0.1) is 22.6 Å². The van der Waals surface area contributed by atoms with E-state index in [4.69, 9.17) is 14.4 Å². The van der Waals surface area contributed by atoms with Gasteiger partial charge in [0.15, 0.2) is 11.7 Å². The van der Waals surface area contributed by atoms with Crippen LogP contribution in [0.2, 0.25) is 0 Å². The van der Waals surface area contributed by atoms with E-state index in [1.165, 1.54) is 32.6 Å². The molecule has 0 bridgehead atoms. The van der Waals surface area contributed by atoms with Crippen molar-refractivity contribution >= 4 is 79.0 Å². The van der Waals surface area contributed by atoms with Crippen LogP contribution in [-0.4, -0.2) is 27.5 Å². The summed E-state index contributed by atoms with van der Waals surface area (Å²) in [6.07, 6.45) is 5.28. The Hall–Kier alpha value is -7.57. The smallest absolute Gasteiger partial charge is 0.162 e. The average Bonchev–Trinajstić information content (AvgIpc) is 3.95. The number of hydrogen-bond donors (Lipinski definition) is 0. The van der Waals surface area contributed by atoms with Crippen molar-refractivity contribution in [2.75, 3.05) is 0 Å². The first-order valence-corrected chi connectivity index (χ1v) is 19.7. The lowest BCUT2D eigenvalue weighted by Crippen LogP contribution is -2.12. The summed E-state index contributed by atoms with van der Waals surface area (Å²) in [7, 11) is 0. The zero-order valence-corrected chi connectivity index (χ0v) is 31.7. The molecule has 3 heterocycles. The summed E-state index contributed by atoms with van der Waals surface area (Å²) < 4.78 is 11.8. The van der Waals surface area contributed by atoms with E-state index in [9.17, 15) is 0 Å². The van der Waals surface area contributed by atoms with E-state index < -0.39 is 0 Å². The third kappa shape index (κ3) is 5.45. The SMILES string of the molecule is C=N/C(=N\C(=N/Cn1c2ccccc2c2ccccc21)c1cccc2c3c(oc12)C(n1c2ccccc2c2ccccc21)CC=C3)c1ccc(-c2ccccc2)cc1. The molecular formula is C52H37N5O. The number of aliphatic imine (C=N–C) groups is 3. The molecule has 6 heteroatoms. The highest BCUT2D eigenvalue weighted by Gasteiger charge is 2.29. The average molecular weight is 748 g/mol. The Labute approximate surface area is 335 Å². The van der Waals surface area contributed by atoms with Crippen molar-refractivity contribution in [3.8, 4) is 11.1 Å². The van der Waals surface area contributed by atoms with Crippen LogP contribution < -0.4 is 0 Å². The van der Waals surface area contributed by atoms with Gasteiger partial charge in [0.25, 0.3) is 0 Å². The number of hydrogen-bond acceptors (Lipinski definition) is 2. The van der Waals surface area contributed by atoms with Crippen LogP contribution in [0.5, 0.6) is 0 Å². The first-order valence-electron chi connectivity index (χ1n) is 19.7. The van der Waals surface area contributed by atoms with E-state index in [1.807, 2.05) is 18.2 Å². The Morgan fingerprint density at radius 3 is 1.76 bits per heavy atom. The van der Waals surface area contributed by atoms with Gasteiger partial charge in [-0.15, -0.1) is 0 Å². The number of aromatic nitrogens is 2. The van der Waals surface area contributed by atoms with E-state index >= 15 is 0 Å². The Morgan fingerprint density at radius 2 is 1.12 bits per heavy atom. The Bertz CT molecular complexity index is 3200. The summed E-state index contributed by atoms with van der Waals surface area (Å²) in [5.41, 5.74) is 10.3. The molecule has 0 spiro atoms. The number of amidine groups is 2. The van der Waals surface area contributed by atoms with E-state index in [-0.39, 0.29) is 6.04 Å². The monoisotopic (exact) mass is 747 g/mol. The maximum Gasteiger partial charge on any atom is 0.162 e. The van der Waals surface area contributed by atoms with Crippen molar-refractivity contribution < 1.29 is 4.42 Å². The predicted molar refractivity (Wildman–Crippen MR) is 241 cm³/mol. The highest BCUT2D eigenvalue weighted by atomic mass is 16.3. The lowest BCUT2D eigenvalue weighted by molar-refractivity contribution is 0.460. The van der Waals surface area contributed by atoms with Gasteiger partial charge < -0.3 is 13.6 Å². The lowest BCUT2D eigenvalue weighted by atomic mass is 9.97. The van der Waals surface area contributed by atoms with Crippen LogP contribution in [0, 0.1) is 0 Å². The molecule has 1 aliphatic carbocycles. The molecule has 11 rings (SSSR count). The van der Waals surface area contributed by atoms with Gasteiger partial charge in [-0.25, -0.2) is 15.0 Å². The number of rotatable bonds is 6. The second-order valence-electron chi connectivity index (χ2n) is 14.7. The van der Waals surface area contributed by atoms with Crippen LogP contribution in [0.1, 0.15) is 34.9 Å². The van der Waals surface area contributed by atoms with Gasteiger partial charge in [0.2, 0.25) is 0 Å². The molecule has 0 N–H and O–H groups in total. The molecule has 276 valence electrons. The molecule has 58 heavy (non-hydrogen) atoms. The van der Waals surface area contributed by atoms with E-state index in [0.717, 1.165) is 62.0 Å². The van der Waals surface area contributed by atoms with Gasteiger partial charge >= 0.3 is 0 Å². The Kier molecular flexibility index (Phi) is 8.07. The normalized spacial score (nSPS) is 14.6. The van der Waals surface area contributed by atoms with Crippen molar-refractivity contribution in [1.29, 1.82) is 0 Å². The fraction of sp³-hybridized carbons (Fsp3) is 0.0577. The second-order valence-corrected chi connectivity index (χ2v) is 14.7. The van der Waals surface area contributed by atoms with Gasteiger partial charge in [0, 0.05) is 49.1 Å². The van der Waals surface area contributed by atoms with Crippen LogP contribution in [0.3, 0.4) is 0 Å². The second kappa shape index (κ2) is 13.9. The molecule has 0 radical (unpaired) electrons. The molecule has 1 aliphatic rings. The topological polar surface area (TPSA) is 60.1 Å². The van der Waals surface area contributed by atoms with Gasteiger partial charge in [-0.3, -0.25) is 0 Å². The summed E-state index contributed by atoms with van der Waals surface area (Å²) in [5, 5.41) is 5.87. The van der Waals surface area contributed by atoms with Crippen molar-refractivity contribution in [2.24, 2.45) is 15.0 Å². The molecule has 3 aromatic heterocycles. The molecule has 1 atom stereocenters.